The van der Waals surface area contributed by atoms with Gasteiger partial charge in [0.15, 0.2) is 0 Å². The van der Waals surface area contributed by atoms with Crippen LogP contribution in [0.5, 0.6) is 0 Å². The Hall–Kier alpha value is -0.870. The second-order valence-electron chi connectivity index (χ2n) is 5.44. The van der Waals surface area contributed by atoms with Crippen molar-refractivity contribution < 1.29 is 0 Å². The summed E-state index contributed by atoms with van der Waals surface area (Å²) < 4.78 is 0. The molecule has 18 heavy (non-hydrogen) atoms. The van der Waals surface area contributed by atoms with E-state index < -0.39 is 0 Å². The van der Waals surface area contributed by atoms with Crippen molar-refractivity contribution in [1.29, 1.82) is 0 Å². The molecule has 1 unspecified atom stereocenters. The van der Waals surface area contributed by atoms with Gasteiger partial charge < -0.3 is 5.73 Å². The molecule has 4 nitrogen and oxygen atoms in total. The second kappa shape index (κ2) is 6.34. The van der Waals surface area contributed by atoms with Crippen LogP contribution in [0.1, 0.15) is 42.6 Å². The van der Waals surface area contributed by atoms with E-state index in [-0.39, 0.29) is 0 Å². The number of aryl methyl sites for hydroxylation is 2. The first-order chi connectivity index (χ1) is 8.72. The number of piperidine rings is 1. The van der Waals surface area contributed by atoms with Gasteiger partial charge in [0.2, 0.25) is 0 Å². The number of hydrogen-bond acceptors (Lipinski definition) is 3. The van der Waals surface area contributed by atoms with E-state index in [1.807, 2.05) is 0 Å². The predicted octanol–water partition coefficient (Wildman–Crippen LogP) is 1.77. The molecule has 2 heterocycles. The van der Waals surface area contributed by atoms with Crippen LogP contribution in [-0.2, 0) is 6.42 Å². The Kier molecular flexibility index (Phi) is 4.78. The molecule has 1 aromatic heterocycles. The summed E-state index contributed by atoms with van der Waals surface area (Å²) in [6.45, 7) is 7.41. The summed E-state index contributed by atoms with van der Waals surface area (Å²) in [5, 5.41) is 7.32. The summed E-state index contributed by atoms with van der Waals surface area (Å²) in [5.41, 5.74) is 9.63. The van der Waals surface area contributed by atoms with Crippen molar-refractivity contribution in [2.75, 3.05) is 19.6 Å². The molecule has 102 valence electrons. The highest BCUT2D eigenvalue weighted by Crippen LogP contribution is 2.18. The van der Waals surface area contributed by atoms with Gasteiger partial charge in [-0.25, -0.2) is 0 Å². The Morgan fingerprint density at radius 3 is 2.89 bits per heavy atom. The van der Waals surface area contributed by atoms with Crippen LogP contribution in [0.4, 0.5) is 0 Å². The normalized spacial score (nSPS) is 21.4. The first kappa shape index (κ1) is 13.6. The van der Waals surface area contributed by atoms with Crippen molar-refractivity contribution in [3.05, 3.63) is 17.0 Å². The number of nitrogens with one attached hydrogen (secondary N) is 1. The van der Waals surface area contributed by atoms with Crippen LogP contribution in [-0.4, -0.2) is 40.8 Å². The first-order valence-electron chi connectivity index (χ1n) is 7.17. The third kappa shape index (κ3) is 3.12. The minimum Gasteiger partial charge on any atom is -0.329 e. The summed E-state index contributed by atoms with van der Waals surface area (Å²) in [6, 6.07) is 0.616. The van der Waals surface area contributed by atoms with Gasteiger partial charge in [0.05, 0.1) is 5.69 Å². The van der Waals surface area contributed by atoms with Gasteiger partial charge in [-0.05, 0) is 58.2 Å². The molecule has 1 saturated heterocycles. The van der Waals surface area contributed by atoms with Gasteiger partial charge in [0.25, 0.3) is 0 Å². The predicted molar refractivity (Wildman–Crippen MR) is 74.6 cm³/mol. The van der Waals surface area contributed by atoms with Gasteiger partial charge in [-0.3, -0.25) is 10.00 Å². The number of aromatic nitrogens is 2. The van der Waals surface area contributed by atoms with E-state index in [4.69, 9.17) is 5.73 Å². The van der Waals surface area contributed by atoms with Crippen LogP contribution in [0, 0.1) is 13.8 Å². The molecule has 1 atom stereocenters. The SMILES string of the molecule is Cc1n[nH]c(C)c1CCCN1CCCCC1CN. The second-order valence-corrected chi connectivity index (χ2v) is 5.44. The fourth-order valence-corrected chi connectivity index (χ4v) is 3.02. The van der Waals surface area contributed by atoms with E-state index in [2.05, 4.69) is 28.9 Å². The third-order valence-corrected chi connectivity index (χ3v) is 4.17. The summed E-state index contributed by atoms with van der Waals surface area (Å²) in [4.78, 5) is 2.58. The lowest BCUT2D eigenvalue weighted by Crippen LogP contribution is -2.44. The Morgan fingerprint density at radius 1 is 1.39 bits per heavy atom. The minimum absolute atomic E-state index is 0.616. The van der Waals surface area contributed by atoms with E-state index in [1.165, 1.54) is 50.0 Å². The number of likely N-dealkylation sites (tertiary alicyclic amines) is 1. The molecule has 0 aromatic carbocycles. The van der Waals surface area contributed by atoms with Crippen molar-refractivity contribution >= 4 is 0 Å². The van der Waals surface area contributed by atoms with E-state index in [9.17, 15) is 0 Å². The zero-order valence-corrected chi connectivity index (χ0v) is 11.7. The molecule has 1 aliphatic heterocycles. The molecular formula is C14H26N4. The molecule has 2 rings (SSSR count). The van der Waals surface area contributed by atoms with Gasteiger partial charge in [-0.2, -0.15) is 5.10 Å². The lowest BCUT2D eigenvalue weighted by atomic mass is 10.0. The maximum atomic E-state index is 5.85. The van der Waals surface area contributed by atoms with E-state index in [0.717, 1.165) is 18.7 Å². The van der Waals surface area contributed by atoms with Crippen molar-refractivity contribution in [2.24, 2.45) is 5.73 Å². The monoisotopic (exact) mass is 250 g/mol. The highest BCUT2D eigenvalue weighted by Gasteiger charge is 2.20. The van der Waals surface area contributed by atoms with Gasteiger partial charge >= 0.3 is 0 Å². The number of aromatic amines is 1. The molecule has 0 spiro atoms. The average molecular weight is 250 g/mol. The Morgan fingerprint density at radius 2 is 2.22 bits per heavy atom. The third-order valence-electron chi connectivity index (χ3n) is 4.17. The van der Waals surface area contributed by atoms with Gasteiger partial charge in [-0.15, -0.1) is 0 Å². The largest absolute Gasteiger partial charge is 0.329 e. The maximum Gasteiger partial charge on any atom is 0.0625 e. The zero-order valence-electron chi connectivity index (χ0n) is 11.7. The fraction of sp³-hybridized carbons (Fsp3) is 0.786. The van der Waals surface area contributed by atoms with Gasteiger partial charge in [-0.1, -0.05) is 6.42 Å². The number of nitrogens with zero attached hydrogens (tertiary/aromatic N) is 2. The van der Waals surface area contributed by atoms with Crippen molar-refractivity contribution in [1.82, 2.24) is 15.1 Å². The first-order valence-corrected chi connectivity index (χ1v) is 7.17. The van der Waals surface area contributed by atoms with Crippen LogP contribution in [0.3, 0.4) is 0 Å². The zero-order chi connectivity index (χ0) is 13.0. The molecule has 0 radical (unpaired) electrons. The molecule has 0 aliphatic carbocycles. The van der Waals surface area contributed by atoms with Crippen LogP contribution < -0.4 is 5.73 Å². The molecule has 0 bridgehead atoms. The van der Waals surface area contributed by atoms with E-state index in [0.29, 0.717) is 6.04 Å². The molecule has 0 amide bonds. The van der Waals surface area contributed by atoms with Crippen molar-refractivity contribution in [2.45, 2.75) is 52.0 Å². The van der Waals surface area contributed by atoms with Gasteiger partial charge in [0, 0.05) is 18.3 Å². The topological polar surface area (TPSA) is 57.9 Å². The van der Waals surface area contributed by atoms with E-state index in [1.54, 1.807) is 0 Å². The summed E-state index contributed by atoms with van der Waals surface area (Å²) in [6.07, 6.45) is 6.29. The fourth-order valence-electron chi connectivity index (χ4n) is 3.02. The quantitative estimate of drug-likeness (QED) is 0.837. The van der Waals surface area contributed by atoms with E-state index >= 15 is 0 Å². The highest BCUT2D eigenvalue weighted by molar-refractivity contribution is 5.23. The van der Waals surface area contributed by atoms with Crippen LogP contribution >= 0.6 is 0 Å². The number of hydrogen-bond donors (Lipinski definition) is 2. The molecule has 1 aliphatic rings. The molecule has 3 N–H and O–H groups in total. The summed E-state index contributed by atoms with van der Waals surface area (Å²) in [5.74, 6) is 0. The van der Waals surface area contributed by atoms with Crippen molar-refractivity contribution in [3.63, 3.8) is 0 Å². The summed E-state index contributed by atoms with van der Waals surface area (Å²) >= 11 is 0. The lowest BCUT2D eigenvalue weighted by Gasteiger charge is -2.34. The molecule has 1 fully saturated rings. The molecule has 4 heteroatoms. The average Bonchev–Trinajstić information content (AvgIpc) is 2.71. The lowest BCUT2D eigenvalue weighted by molar-refractivity contribution is 0.151. The maximum absolute atomic E-state index is 5.85. The Balaban J connectivity index is 1.81. The highest BCUT2D eigenvalue weighted by atomic mass is 15.2. The van der Waals surface area contributed by atoms with Crippen LogP contribution in [0.2, 0.25) is 0 Å². The minimum atomic E-state index is 0.616. The van der Waals surface area contributed by atoms with Gasteiger partial charge in [0.1, 0.15) is 0 Å². The summed E-state index contributed by atoms with van der Waals surface area (Å²) in [7, 11) is 0. The molecular weight excluding hydrogens is 224 g/mol. The standard InChI is InChI=1S/C14H26N4/c1-11-14(12(2)17-16-11)7-5-9-18-8-4-3-6-13(18)10-15/h13H,3-10,15H2,1-2H3,(H,16,17). The molecule has 1 aromatic rings. The van der Waals surface area contributed by atoms with Crippen LogP contribution in [0.15, 0.2) is 0 Å². The van der Waals surface area contributed by atoms with Crippen LogP contribution in [0.25, 0.3) is 0 Å². The smallest absolute Gasteiger partial charge is 0.0625 e. The number of rotatable bonds is 5. The molecule has 0 saturated carbocycles. The Labute approximate surface area is 110 Å². The number of nitrogens with two attached hydrogens (primary N) is 1. The van der Waals surface area contributed by atoms with Crippen molar-refractivity contribution in [3.8, 4) is 0 Å². The Bertz CT molecular complexity index is 352. The number of H-pyrrole nitrogens is 1.